The van der Waals surface area contributed by atoms with Gasteiger partial charge in [0.15, 0.2) is 0 Å². The smallest absolute Gasteiger partial charge is 0.193 e. The molecule has 0 N–H and O–H groups in total. The van der Waals surface area contributed by atoms with E-state index in [1.165, 1.54) is 11.1 Å². The molecule has 0 nitrogen and oxygen atoms in total. The van der Waals surface area contributed by atoms with Gasteiger partial charge in [0.1, 0.15) is 0 Å². The molecule has 0 aromatic heterocycles. The first-order valence-electron chi connectivity index (χ1n) is 5.22. The summed E-state index contributed by atoms with van der Waals surface area (Å²) in [7, 11) is 0. The summed E-state index contributed by atoms with van der Waals surface area (Å²) >= 11 is 0. The van der Waals surface area contributed by atoms with Gasteiger partial charge in [-0.2, -0.15) is 48.2 Å². The van der Waals surface area contributed by atoms with Crippen molar-refractivity contribution >= 4 is 0 Å². The molecular formula is C15H14Pt. The maximum Gasteiger partial charge on any atom is 2.00 e. The average molecular weight is 389 g/mol. The topological polar surface area (TPSA) is 0 Å². The van der Waals surface area contributed by atoms with Gasteiger partial charge < -0.3 is 0 Å². The SMILES string of the molecule is [Pt+2].c1ccc([CH-]C[CH-]c2ccccc2)cc1. The van der Waals surface area contributed by atoms with Gasteiger partial charge in [-0.05, 0) is 0 Å². The van der Waals surface area contributed by atoms with Crippen LogP contribution in [0.1, 0.15) is 17.5 Å². The summed E-state index contributed by atoms with van der Waals surface area (Å²) < 4.78 is 0. The van der Waals surface area contributed by atoms with E-state index in [2.05, 4.69) is 61.4 Å². The van der Waals surface area contributed by atoms with Crippen molar-refractivity contribution in [1.82, 2.24) is 0 Å². The van der Waals surface area contributed by atoms with Crippen LogP contribution in [0.15, 0.2) is 60.7 Å². The third-order valence-corrected chi connectivity index (χ3v) is 2.31. The first-order chi connectivity index (χ1) is 7.45. The quantitative estimate of drug-likeness (QED) is 0.697. The molecule has 0 radical (unpaired) electrons. The molecule has 0 amide bonds. The van der Waals surface area contributed by atoms with E-state index in [1.807, 2.05) is 12.1 Å². The molecule has 1 heteroatoms. The molecule has 2 aromatic rings. The van der Waals surface area contributed by atoms with Gasteiger partial charge in [0.05, 0.1) is 0 Å². The molecule has 0 unspecified atom stereocenters. The third kappa shape index (κ3) is 4.16. The van der Waals surface area contributed by atoms with E-state index >= 15 is 0 Å². The minimum absolute atomic E-state index is 0. The third-order valence-electron chi connectivity index (χ3n) is 2.31. The Morgan fingerprint density at radius 3 is 1.38 bits per heavy atom. The Morgan fingerprint density at radius 2 is 1.00 bits per heavy atom. The van der Waals surface area contributed by atoms with Crippen molar-refractivity contribution in [3.8, 4) is 0 Å². The van der Waals surface area contributed by atoms with E-state index in [9.17, 15) is 0 Å². The summed E-state index contributed by atoms with van der Waals surface area (Å²) in [5, 5.41) is 0. The van der Waals surface area contributed by atoms with Crippen LogP contribution in [-0.2, 0) is 21.1 Å². The fourth-order valence-electron chi connectivity index (χ4n) is 1.51. The van der Waals surface area contributed by atoms with Crippen molar-refractivity contribution in [3.05, 3.63) is 84.6 Å². The second kappa shape index (κ2) is 7.19. The minimum atomic E-state index is 0. The molecule has 0 aliphatic rings. The summed E-state index contributed by atoms with van der Waals surface area (Å²) in [4.78, 5) is 0. The Kier molecular flexibility index (Phi) is 5.82. The Hall–Kier alpha value is -1.13. The summed E-state index contributed by atoms with van der Waals surface area (Å²) in [5.74, 6) is 0. The van der Waals surface area contributed by atoms with Gasteiger partial charge in [-0.15, -0.1) is 30.7 Å². The van der Waals surface area contributed by atoms with E-state index in [1.54, 1.807) is 0 Å². The molecule has 0 saturated heterocycles. The second-order valence-corrected chi connectivity index (χ2v) is 3.47. The Labute approximate surface area is 112 Å². The van der Waals surface area contributed by atoms with Crippen molar-refractivity contribution in [2.45, 2.75) is 6.42 Å². The van der Waals surface area contributed by atoms with Gasteiger partial charge in [0, 0.05) is 0 Å². The molecule has 0 fully saturated rings. The minimum Gasteiger partial charge on any atom is -0.193 e. The van der Waals surface area contributed by atoms with Crippen LogP contribution in [0.3, 0.4) is 0 Å². The van der Waals surface area contributed by atoms with E-state index < -0.39 is 0 Å². The van der Waals surface area contributed by atoms with Crippen LogP contribution >= 0.6 is 0 Å². The summed E-state index contributed by atoms with van der Waals surface area (Å²) in [6.07, 6.45) is 5.44. The van der Waals surface area contributed by atoms with Crippen LogP contribution < -0.4 is 0 Å². The van der Waals surface area contributed by atoms with Crippen LogP contribution in [0.2, 0.25) is 0 Å². The molecule has 0 atom stereocenters. The van der Waals surface area contributed by atoms with E-state index in [-0.39, 0.29) is 21.1 Å². The largest absolute Gasteiger partial charge is 2.00 e. The van der Waals surface area contributed by atoms with Crippen LogP contribution in [0.4, 0.5) is 0 Å². The molecule has 0 aliphatic heterocycles. The number of benzene rings is 2. The van der Waals surface area contributed by atoms with Gasteiger partial charge >= 0.3 is 21.1 Å². The average Bonchev–Trinajstić information content (AvgIpc) is 2.32. The number of hydrogen-bond acceptors (Lipinski definition) is 0. The van der Waals surface area contributed by atoms with Crippen molar-refractivity contribution in [3.63, 3.8) is 0 Å². The molecule has 0 spiro atoms. The van der Waals surface area contributed by atoms with E-state index in [0.29, 0.717) is 0 Å². The zero-order valence-electron chi connectivity index (χ0n) is 8.95. The van der Waals surface area contributed by atoms with Gasteiger partial charge in [-0.3, -0.25) is 0 Å². The van der Waals surface area contributed by atoms with Crippen LogP contribution in [0.25, 0.3) is 0 Å². The molecule has 84 valence electrons. The van der Waals surface area contributed by atoms with Crippen LogP contribution in [-0.4, -0.2) is 0 Å². The van der Waals surface area contributed by atoms with Crippen LogP contribution in [0.5, 0.6) is 0 Å². The maximum absolute atomic E-state index is 2.23. The molecule has 16 heavy (non-hydrogen) atoms. The second-order valence-electron chi connectivity index (χ2n) is 3.47. The normalized spacial score (nSPS) is 9.00. The number of hydrogen-bond donors (Lipinski definition) is 0. The molecular weight excluding hydrogens is 375 g/mol. The predicted molar refractivity (Wildman–Crippen MR) is 64.3 cm³/mol. The Balaban J connectivity index is 0.00000128. The number of rotatable bonds is 4. The van der Waals surface area contributed by atoms with Gasteiger partial charge in [-0.1, -0.05) is 12.1 Å². The van der Waals surface area contributed by atoms with Crippen molar-refractivity contribution in [1.29, 1.82) is 0 Å². The first-order valence-corrected chi connectivity index (χ1v) is 5.22. The Bertz CT molecular complexity index is 341. The summed E-state index contributed by atoms with van der Waals surface area (Å²) in [6, 6.07) is 20.8. The standard InChI is InChI=1S/C15H14.Pt/c1-3-8-14(9-4-1)12-7-13-15-10-5-2-6-11-15;/h1-6,8-13H,7H2;/q-2;+2. The van der Waals surface area contributed by atoms with E-state index in [0.717, 1.165) is 6.42 Å². The fraction of sp³-hybridized carbons (Fsp3) is 0.0667. The van der Waals surface area contributed by atoms with Crippen LogP contribution in [0, 0.1) is 12.8 Å². The van der Waals surface area contributed by atoms with Gasteiger partial charge in [0.2, 0.25) is 0 Å². The fourth-order valence-corrected chi connectivity index (χ4v) is 1.51. The zero-order valence-corrected chi connectivity index (χ0v) is 11.2. The summed E-state index contributed by atoms with van der Waals surface area (Å²) in [6.45, 7) is 0. The predicted octanol–water partition coefficient (Wildman–Crippen LogP) is 3.88. The zero-order chi connectivity index (χ0) is 10.3. The summed E-state index contributed by atoms with van der Waals surface area (Å²) in [5.41, 5.74) is 2.56. The molecule has 0 saturated carbocycles. The van der Waals surface area contributed by atoms with E-state index in [4.69, 9.17) is 0 Å². The molecule has 0 aliphatic carbocycles. The maximum atomic E-state index is 2.23. The molecule has 2 rings (SSSR count). The first kappa shape index (κ1) is 12.9. The van der Waals surface area contributed by atoms with Gasteiger partial charge in [0.25, 0.3) is 0 Å². The van der Waals surface area contributed by atoms with Crippen molar-refractivity contribution in [2.75, 3.05) is 0 Å². The van der Waals surface area contributed by atoms with Crippen molar-refractivity contribution in [2.24, 2.45) is 0 Å². The monoisotopic (exact) mass is 389 g/mol. The molecule has 0 heterocycles. The Morgan fingerprint density at radius 1 is 0.625 bits per heavy atom. The molecule has 0 bridgehead atoms. The van der Waals surface area contributed by atoms with Crippen molar-refractivity contribution < 1.29 is 21.1 Å². The molecule has 2 aromatic carbocycles. The van der Waals surface area contributed by atoms with Gasteiger partial charge in [-0.25, -0.2) is 0 Å².